The number of fused-ring (bicyclic) bond motifs is 1. The van der Waals surface area contributed by atoms with Gasteiger partial charge in [0.25, 0.3) is 0 Å². The van der Waals surface area contributed by atoms with Crippen molar-refractivity contribution in [1.29, 1.82) is 0 Å². The van der Waals surface area contributed by atoms with Gasteiger partial charge in [0.1, 0.15) is 5.52 Å². The second-order valence-corrected chi connectivity index (χ2v) is 3.23. The average molecular weight is 191 g/mol. The minimum atomic E-state index is 0.302. The molecule has 0 unspecified atom stereocenters. The van der Waals surface area contributed by atoms with Crippen molar-refractivity contribution in [2.75, 3.05) is 5.73 Å². The van der Waals surface area contributed by atoms with Gasteiger partial charge >= 0.3 is 0 Å². The molecular weight excluding hydrogens is 178 g/mol. The van der Waals surface area contributed by atoms with Gasteiger partial charge in [0, 0.05) is 0 Å². The first-order valence-electron chi connectivity index (χ1n) is 4.76. The molecule has 0 amide bonds. The van der Waals surface area contributed by atoms with E-state index in [1.165, 1.54) is 0 Å². The lowest BCUT2D eigenvalue weighted by Crippen LogP contribution is -2.00. The Morgan fingerprint density at radius 1 is 1.43 bits per heavy atom. The zero-order chi connectivity index (χ0) is 9.97. The summed E-state index contributed by atoms with van der Waals surface area (Å²) in [6, 6.07) is 0. The normalized spacial score (nSPS) is 10.9. The van der Waals surface area contributed by atoms with Gasteiger partial charge in [-0.25, -0.2) is 9.97 Å². The fourth-order valence-corrected chi connectivity index (χ4v) is 1.44. The highest BCUT2D eigenvalue weighted by molar-refractivity contribution is 5.73. The molecule has 0 fully saturated rings. The minimum absolute atomic E-state index is 0.302. The van der Waals surface area contributed by atoms with E-state index in [1.807, 2.05) is 0 Å². The van der Waals surface area contributed by atoms with E-state index < -0.39 is 0 Å². The summed E-state index contributed by atoms with van der Waals surface area (Å²) in [5.74, 6) is 0.302. The van der Waals surface area contributed by atoms with Crippen LogP contribution in [-0.4, -0.2) is 19.9 Å². The van der Waals surface area contributed by atoms with Crippen molar-refractivity contribution in [3.05, 3.63) is 12.0 Å². The number of aromatic nitrogens is 4. The number of H-pyrrole nitrogens is 1. The number of hydrogen-bond donors (Lipinski definition) is 2. The van der Waals surface area contributed by atoms with Crippen LogP contribution in [0.25, 0.3) is 11.2 Å². The first-order chi connectivity index (χ1) is 6.81. The van der Waals surface area contributed by atoms with Crippen molar-refractivity contribution in [2.45, 2.75) is 26.2 Å². The van der Waals surface area contributed by atoms with Crippen molar-refractivity contribution in [3.63, 3.8) is 0 Å². The summed E-state index contributed by atoms with van der Waals surface area (Å²) in [6.45, 7) is 2.15. The number of unbranched alkanes of at least 4 members (excludes halogenated alkanes) is 1. The van der Waals surface area contributed by atoms with E-state index in [1.54, 1.807) is 6.33 Å². The predicted octanol–water partition coefficient (Wildman–Crippen LogP) is 1.28. The van der Waals surface area contributed by atoms with Crippen LogP contribution in [-0.2, 0) is 6.42 Å². The second-order valence-electron chi connectivity index (χ2n) is 3.23. The molecule has 14 heavy (non-hydrogen) atoms. The SMILES string of the molecule is CCCCc1nc(N)nc2nc[nH]c12. The largest absolute Gasteiger partial charge is 0.368 e. The van der Waals surface area contributed by atoms with Crippen LogP contribution < -0.4 is 5.73 Å². The molecule has 0 aliphatic rings. The Kier molecular flexibility index (Phi) is 2.30. The average Bonchev–Trinajstić information content (AvgIpc) is 2.61. The van der Waals surface area contributed by atoms with Gasteiger partial charge in [-0.3, -0.25) is 0 Å². The van der Waals surface area contributed by atoms with Gasteiger partial charge in [-0.05, 0) is 12.8 Å². The van der Waals surface area contributed by atoms with Crippen molar-refractivity contribution in [3.8, 4) is 0 Å². The first-order valence-corrected chi connectivity index (χ1v) is 4.76. The van der Waals surface area contributed by atoms with Crippen molar-refractivity contribution in [2.24, 2.45) is 0 Å². The first kappa shape index (κ1) is 8.93. The number of nitrogen functional groups attached to an aromatic ring is 1. The fourth-order valence-electron chi connectivity index (χ4n) is 1.44. The topological polar surface area (TPSA) is 80.5 Å². The highest BCUT2D eigenvalue weighted by Crippen LogP contribution is 2.14. The molecule has 3 N–H and O–H groups in total. The maximum atomic E-state index is 5.58. The van der Waals surface area contributed by atoms with Crippen LogP contribution in [0.3, 0.4) is 0 Å². The number of imidazole rings is 1. The van der Waals surface area contributed by atoms with Crippen molar-refractivity contribution < 1.29 is 0 Å². The van der Waals surface area contributed by atoms with E-state index in [-0.39, 0.29) is 0 Å². The van der Waals surface area contributed by atoms with Crippen LogP contribution in [0.2, 0.25) is 0 Å². The number of nitrogens with two attached hydrogens (primary N) is 1. The summed E-state index contributed by atoms with van der Waals surface area (Å²) in [7, 11) is 0. The summed E-state index contributed by atoms with van der Waals surface area (Å²) in [4.78, 5) is 15.3. The molecule has 0 aliphatic carbocycles. The quantitative estimate of drug-likeness (QED) is 0.765. The van der Waals surface area contributed by atoms with E-state index in [4.69, 9.17) is 5.73 Å². The Labute approximate surface area is 81.8 Å². The van der Waals surface area contributed by atoms with Crippen LogP contribution in [0.1, 0.15) is 25.5 Å². The second kappa shape index (κ2) is 3.61. The molecule has 5 heteroatoms. The smallest absolute Gasteiger partial charge is 0.222 e. The molecule has 0 spiro atoms. The van der Waals surface area contributed by atoms with Crippen LogP contribution in [0.5, 0.6) is 0 Å². The zero-order valence-corrected chi connectivity index (χ0v) is 8.12. The molecule has 2 aromatic heterocycles. The Morgan fingerprint density at radius 3 is 3.07 bits per heavy atom. The Balaban J connectivity index is 2.44. The maximum absolute atomic E-state index is 5.58. The van der Waals surface area contributed by atoms with Crippen LogP contribution in [0.4, 0.5) is 5.95 Å². The molecule has 2 heterocycles. The van der Waals surface area contributed by atoms with Gasteiger partial charge in [-0.15, -0.1) is 0 Å². The van der Waals surface area contributed by atoms with Gasteiger partial charge in [-0.2, -0.15) is 4.98 Å². The number of aromatic amines is 1. The minimum Gasteiger partial charge on any atom is -0.368 e. The summed E-state index contributed by atoms with van der Waals surface area (Å²) in [6.07, 6.45) is 4.78. The molecule has 2 aromatic rings. The molecule has 5 nitrogen and oxygen atoms in total. The molecule has 0 saturated heterocycles. The Morgan fingerprint density at radius 2 is 2.29 bits per heavy atom. The van der Waals surface area contributed by atoms with E-state index in [0.717, 1.165) is 30.5 Å². The number of rotatable bonds is 3. The molecular formula is C9H13N5. The maximum Gasteiger partial charge on any atom is 0.222 e. The molecule has 0 aliphatic heterocycles. The van der Waals surface area contributed by atoms with Gasteiger partial charge in [0.15, 0.2) is 5.65 Å². The third-order valence-electron chi connectivity index (χ3n) is 2.15. The highest BCUT2D eigenvalue weighted by atomic mass is 15.1. The lowest BCUT2D eigenvalue weighted by atomic mass is 10.2. The third-order valence-corrected chi connectivity index (χ3v) is 2.15. The summed E-state index contributed by atoms with van der Waals surface area (Å²) in [5.41, 5.74) is 8.11. The third kappa shape index (κ3) is 1.53. The van der Waals surface area contributed by atoms with Gasteiger partial charge in [0.2, 0.25) is 5.95 Å². The molecule has 0 saturated carbocycles. The number of anilines is 1. The van der Waals surface area contributed by atoms with Crippen LogP contribution in [0.15, 0.2) is 6.33 Å². The number of nitrogens with zero attached hydrogens (tertiary/aromatic N) is 3. The summed E-state index contributed by atoms with van der Waals surface area (Å²) >= 11 is 0. The van der Waals surface area contributed by atoms with Crippen molar-refractivity contribution >= 4 is 17.1 Å². The lowest BCUT2D eigenvalue weighted by molar-refractivity contribution is 0.780. The summed E-state index contributed by atoms with van der Waals surface area (Å²) in [5, 5.41) is 0. The number of hydrogen-bond acceptors (Lipinski definition) is 4. The van der Waals surface area contributed by atoms with E-state index >= 15 is 0 Å². The van der Waals surface area contributed by atoms with E-state index in [2.05, 4.69) is 26.9 Å². The number of aryl methyl sites for hydroxylation is 1. The molecule has 0 radical (unpaired) electrons. The van der Waals surface area contributed by atoms with E-state index in [9.17, 15) is 0 Å². The fraction of sp³-hybridized carbons (Fsp3) is 0.444. The van der Waals surface area contributed by atoms with Crippen LogP contribution >= 0.6 is 0 Å². The standard InChI is InChI=1S/C9H13N5/c1-2-3-4-6-7-8(12-5-11-7)14-9(10)13-6/h5H,2-4H2,1H3,(H3,10,11,12,13,14). The predicted molar refractivity (Wildman–Crippen MR) is 54.7 cm³/mol. The Hall–Kier alpha value is -1.65. The molecule has 0 bridgehead atoms. The monoisotopic (exact) mass is 191 g/mol. The Bertz CT molecular complexity index is 434. The van der Waals surface area contributed by atoms with Crippen molar-refractivity contribution in [1.82, 2.24) is 19.9 Å². The highest BCUT2D eigenvalue weighted by Gasteiger charge is 2.07. The molecule has 0 atom stereocenters. The van der Waals surface area contributed by atoms with Gasteiger partial charge < -0.3 is 10.7 Å². The van der Waals surface area contributed by atoms with Gasteiger partial charge in [-0.1, -0.05) is 13.3 Å². The van der Waals surface area contributed by atoms with Gasteiger partial charge in [0.05, 0.1) is 12.0 Å². The zero-order valence-electron chi connectivity index (χ0n) is 8.12. The molecule has 74 valence electrons. The summed E-state index contributed by atoms with van der Waals surface area (Å²) < 4.78 is 0. The lowest BCUT2D eigenvalue weighted by Gasteiger charge is -2.01. The van der Waals surface area contributed by atoms with E-state index in [0.29, 0.717) is 11.6 Å². The molecule has 0 aromatic carbocycles. The number of nitrogens with one attached hydrogen (secondary N) is 1. The van der Waals surface area contributed by atoms with Crippen LogP contribution in [0, 0.1) is 0 Å². The molecule has 2 rings (SSSR count).